The van der Waals surface area contributed by atoms with E-state index < -0.39 is 9.05 Å². The first kappa shape index (κ1) is 9.29. The zero-order valence-corrected chi connectivity index (χ0v) is 7.86. The van der Waals surface area contributed by atoms with Crippen LogP contribution in [0.3, 0.4) is 0 Å². The fourth-order valence-corrected chi connectivity index (χ4v) is 2.23. The standard InChI is InChI=1S/C6H11ClO3S/c1-10-6(5-2-3-5)4-11(7,8)9/h5-6H,2-4H2,1H3. The Hall–Kier alpha value is 0.200. The van der Waals surface area contributed by atoms with E-state index in [2.05, 4.69) is 0 Å². The molecule has 5 heteroatoms. The molecule has 0 saturated heterocycles. The summed E-state index contributed by atoms with van der Waals surface area (Å²) in [5.41, 5.74) is 0. The van der Waals surface area contributed by atoms with E-state index in [9.17, 15) is 8.42 Å². The van der Waals surface area contributed by atoms with Gasteiger partial charge in [-0.25, -0.2) is 8.42 Å². The minimum atomic E-state index is -3.39. The lowest BCUT2D eigenvalue weighted by Gasteiger charge is -2.10. The minimum absolute atomic E-state index is 0.0598. The summed E-state index contributed by atoms with van der Waals surface area (Å²) < 4.78 is 26.2. The molecule has 0 aromatic heterocycles. The summed E-state index contributed by atoms with van der Waals surface area (Å²) in [7, 11) is 3.20. The van der Waals surface area contributed by atoms with Crippen molar-refractivity contribution in [1.82, 2.24) is 0 Å². The van der Waals surface area contributed by atoms with Gasteiger partial charge >= 0.3 is 0 Å². The third kappa shape index (κ3) is 3.40. The van der Waals surface area contributed by atoms with Gasteiger partial charge in [-0.05, 0) is 18.8 Å². The van der Waals surface area contributed by atoms with Gasteiger partial charge in [-0.15, -0.1) is 0 Å². The van der Waals surface area contributed by atoms with Crippen molar-refractivity contribution in [2.45, 2.75) is 18.9 Å². The monoisotopic (exact) mass is 198 g/mol. The summed E-state index contributed by atoms with van der Waals surface area (Å²) in [6, 6.07) is 0. The van der Waals surface area contributed by atoms with Gasteiger partial charge in [0.25, 0.3) is 0 Å². The van der Waals surface area contributed by atoms with Gasteiger partial charge in [0.2, 0.25) is 9.05 Å². The Labute approximate surface area is 71.1 Å². The summed E-state index contributed by atoms with van der Waals surface area (Å²) in [6.45, 7) is 0. The zero-order valence-electron chi connectivity index (χ0n) is 6.29. The molecule has 0 aromatic rings. The second-order valence-corrected chi connectivity index (χ2v) is 5.64. The van der Waals surface area contributed by atoms with Gasteiger partial charge in [0.1, 0.15) is 0 Å². The van der Waals surface area contributed by atoms with Gasteiger partial charge in [-0.2, -0.15) is 0 Å². The highest BCUT2D eigenvalue weighted by Gasteiger charge is 2.33. The van der Waals surface area contributed by atoms with Crippen LogP contribution < -0.4 is 0 Å². The molecule has 1 aliphatic rings. The molecule has 0 spiro atoms. The van der Waals surface area contributed by atoms with E-state index in [4.69, 9.17) is 15.4 Å². The summed E-state index contributed by atoms with van der Waals surface area (Å²) in [5.74, 6) is 0.351. The van der Waals surface area contributed by atoms with Crippen molar-refractivity contribution >= 4 is 19.7 Å². The molecule has 1 rings (SSSR count). The van der Waals surface area contributed by atoms with Gasteiger partial charge in [0.15, 0.2) is 0 Å². The largest absolute Gasteiger partial charge is 0.380 e. The van der Waals surface area contributed by atoms with Crippen molar-refractivity contribution in [3.05, 3.63) is 0 Å². The van der Waals surface area contributed by atoms with Gasteiger partial charge in [0, 0.05) is 17.8 Å². The number of ether oxygens (including phenoxy) is 1. The van der Waals surface area contributed by atoms with Gasteiger partial charge in [0.05, 0.1) is 11.9 Å². The van der Waals surface area contributed by atoms with Crippen LogP contribution in [0.15, 0.2) is 0 Å². The van der Waals surface area contributed by atoms with E-state index in [1.807, 2.05) is 0 Å². The molecule has 1 unspecified atom stereocenters. The van der Waals surface area contributed by atoms with E-state index in [-0.39, 0.29) is 11.9 Å². The van der Waals surface area contributed by atoms with Crippen LogP contribution in [0.2, 0.25) is 0 Å². The lowest BCUT2D eigenvalue weighted by Crippen LogP contribution is -2.22. The molecule has 3 nitrogen and oxygen atoms in total. The summed E-state index contributed by atoms with van der Waals surface area (Å²) in [6.07, 6.45) is 1.92. The maximum Gasteiger partial charge on any atom is 0.235 e. The second kappa shape index (κ2) is 3.29. The molecule has 0 amide bonds. The summed E-state index contributed by atoms with van der Waals surface area (Å²) in [4.78, 5) is 0. The van der Waals surface area contributed by atoms with Gasteiger partial charge < -0.3 is 4.74 Å². The molecule has 1 fully saturated rings. The molecule has 66 valence electrons. The Morgan fingerprint density at radius 3 is 2.45 bits per heavy atom. The molecule has 11 heavy (non-hydrogen) atoms. The molecule has 1 aliphatic carbocycles. The Bertz CT molecular complexity index is 220. The first-order valence-corrected chi connectivity index (χ1v) is 5.96. The van der Waals surface area contributed by atoms with Crippen LogP contribution in [0.5, 0.6) is 0 Å². The van der Waals surface area contributed by atoms with Gasteiger partial charge in [-0.3, -0.25) is 0 Å². The predicted octanol–water partition coefficient (Wildman–Crippen LogP) is 0.980. The average molecular weight is 199 g/mol. The molecular weight excluding hydrogens is 188 g/mol. The second-order valence-electron chi connectivity index (χ2n) is 2.82. The summed E-state index contributed by atoms with van der Waals surface area (Å²) in [5, 5.41) is 0. The Balaban J connectivity index is 2.43. The van der Waals surface area contributed by atoms with Crippen LogP contribution >= 0.6 is 10.7 Å². The lowest BCUT2D eigenvalue weighted by atomic mass is 10.3. The fraction of sp³-hybridized carbons (Fsp3) is 1.00. The number of hydrogen-bond donors (Lipinski definition) is 0. The van der Waals surface area contributed by atoms with Crippen LogP contribution in [0, 0.1) is 5.92 Å². The molecule has 0 radical (unpaired) electrons. The van der Waals surface area contributed by atoms with Crippen molar-refractivity contribution in [3.63, 3.8) is 0 Å². The SMILES string of the molecule is COC(CS(=O)(=O)Cl)C1CC1. The van der Waals surface area contributed by atoms with Crippen LogP contribution in [0.4, 0.5) is 0 Å². The highest BCUT2D eigenvalue weighted by atomic mass is 35.7. The Morgan fingerprint density at radius 1 is 1.64 bits per heavy atom. The van der Waals surface area contributed by atoms with Crippen LogP contribution in [0.25, 0.3) is 0 Å². The van der Waals surface area contributed by atoms with E-state index in [0.717, 1.165) is 12.8 Å². The van der Waals surface area contributed by atoms with Crippen LogP contribution in [-0.4, -0.2) is 27.4 Å². The molecule has 1 atom stereocenters. The number of rotatable bonds is 4. The predicted molar refractivity (Wildman–Crippen MR) is 43.2 cm³/mol. The van der Waals surface area contributed by atoms with Crippen molar-refractivity contribution in [2.75, 3.05) is 12.9 Å². The van der Waals surface area contributed by atoms with E-state index in [1.54, 1.807) is 0 Å². The molecular formula is C6H11ClO3S. The van der Waals surface area contributed by atoms with E-state index in [0.29, 0.717) is 5.92 Å². The zero-order chi connectivity index (χ0) is 8.48. The van der Waals surface area contributed by atoms with Crippen LogP contribution in [0.1, 0.15) is 12.8 Å². The molecule has 1 saturated carbocycles. The maximum absolute atomic E-state index is 10.6. The third-order valence-corrected chi connectivity index (χ3v) is 2.92. The quantitative estimate of drug-likeness (QED) is 0.633. The first-order chi connectivity index (χ1) is 5.03. The summed E-state index contributed by atoms with van der Waals surface area (Å²) >= 11 is 0. The highest BCUT2D eigenvalue weighted by Crippen LogP contribution is 2.34. The van der Waals surface area contributed by atoms with Crippen molar-refractivity contribution in [2.24, 2.45) is 5.92 Å². The first-order valence-electron chi connectivity index (χ1n) is 3.48. The molecule has 0 N–H and O–H groups in total. The van der Waals surface area contributed by atoms with Crippen molar-refractivity contribution in [1.29, 1.82) is 0 Å². The smallest absolute Gasteiger partial charge is 0.235 e. The molecule has 0 aliphatic heterocycles. The van der Waals surface area contributed by atoms with Crippen molar-refractivity contribution in [3.8, 4) is 0 Å². The van der Waals surface area contributed by atoms with Gasteiger partial charge in [-0.1, -0.05) is 0 Å². The molecule has 0 heterocycles. The van der Waals surface area contributed by atoms with Crippen LogP contribution in [-0.2, 0) is 13.8 Å². The Morgan fingerprint density at radius 2 is 2.18 bits per heavy atom. The topological polar surface area (TPSA) is 43.4 Å². The average Bonchev–Trinajstić information content (AvgIpc) is 2.61. The normalized spacial score (nSPS) is 21.6. The molecule has 0 bridgehead atoms. The molecule has 0 aromatic carbocycles. The minimum Gasteiger partial charge on any atom is -0.380 e. The lowest BCUT2D eigenvalue weighted by molar-refractivity contribution is 0.103. The van der Waals surface area contributed by atoms with E-state index >= 15 is 0 Å². The highest BCUT2D eigenvalue weighted by molar-refractivity contribution is 8.13. The fourth-order valence-electron chi connectivity index (χ4n) is 1.06. The number of hydrogen-bond acceptors (Lipinski definition) is 3. The van der Waals surface area contributed by atoms with E-state index in [1.165, 1.54) is 7.11 Å². The van der Waals surface area contributed by atoms with Crippen molar-refractivity contribution < 1.29 is 13.2 Å². The number of halogens is 1. The number of methoxy groups -OCH3 is 1. The Kier molecular flexibility index (Phi) is 2.78. The maximum atomic E-state index is 10.6. The third-order valence-electron chi connectivity index (χ3n) is 1.81.